The Balaban J connectivity index is 2.62. The molecule has 0 saturated heterocycles. The molecule has 0 spiro atoms. The van der Waals surface area contributed by atoms with E-state index in [1.165, 1.54) is 0 Å². The van der Waals surface area contributed by atoms with Gasteiger partial charge in [-0.25, -0.2) is 4.98 Å². The van der Waals surface area contributed by atoms with E-state index in [1.807, 2.05) is 20.9 Å². The molecule has 0 aromatic carbocycles. The maximum atomic E-state index is 11.6. The molecule has 0 aliphatic rings. The van der Waals surface area contributed by atoms with Crippen molar-refractivity contribution in [3.8, 4) is 0 Å². The third-order valence-electron chi connectivity index (χ3n) is 2.10. The minimum absolute atomic E-state index is 0.0286. The van der Waals surface area contributed by atoms with Gasteiger partial charge < -0.3 is 15.5 Å². The lowest BCUT2D eigenvalue weighted by molar-refractivity contribution is -0.120. The van der Waals surface area contributed by atoms with Gasteiger partial charge in [-0.15, -0.1) is 0 Å². The van der Waals surface area contributed by atoms with Crippen LogP contribution < -0.4 is 15.5 Å². The molecule has 0 atom stereocenters. The molecular formula is C11H19N5O. The van der Waals surface area contributed by atoms with Crippen molar-refractivity contribution in [2.24, 2.45) is 0 Å². The molecule has 6 nitrogen and oxygen atoms in total. The van der Waals surface area contributed by atoms with E-state index in [2.05, 4.69) is 20.6 Å². The first-order valence-corrected chi connectivity index (χ1v) is 5.53. The van der Waals surface area contributed by atoms with Crippen LogP contribution in [0.25, 0.3) is 0 Å². The third kappa shape index (κ3) is 4.26. The fraction of sp³-hybridized carbons (Fsp3) is 0.545. The highest BCUT2D eigenvalue weighted by Gasteiger charge is 2.09. The number of carbonyl (C=O) groups is 1. The largest absolute Gasteiger partial charge is 0.372 e. The molecule has 0 fully saturated rings. The molecule has 1 rings (SSSR count). The zero-order chi connectivity index (χ0) is 12.8. The molecule has 0 aliphatic heterocycles. The Bertz CT molecular complexity index is 380. The minimum Gasteiger partial charge on any atom is -0.372 e. The highest BCUT2D eigenvalue weighted by molar-refractivity contribution is 5.81. The van der Waals surface area contributed by atoms with Gasteiger partial charge in [-0.2, -0.15) is 0 Å². The van der Waals surface area contributed by atoms with Crippen molar-refractivity contribution in [3.63, 3.8) is 0 Å². The molecule has 0 bridgehead atoms. The second-order valence-corrected chi connectivity index (χ2v) is 4.09. The molecule has 0 saturated carbocycles. The van der Waals surface area contributed by atoms with Gasteiger partial charge in [0, 0.05) is 20.1 Å². The Morgan fingerprint density at radius 2 is 2.18 bits per heavy atom. The predicted molar refractivity (Wildman–Crippen MR) is 68.1 cm³/mol. The summed E-state index contributed by atoms with van der Waals surface area (Å²) in [6, 6.07) is 0.144. The summed E-state index contributed by atoms with van der Waals surface area (Å²) in [4.78, 5) is 21.7. The molecule has 1 aromatic rings. The lowest BCUT2D eigenvalue weighted by Crippen LogP contribution is -2.38. The maximum Gasteiger partial charge on any atom is 0.239 e. The van der Waals surface area contributed by atoms with Gasteiger partial charge in [0.25, 0.3) is 0 Å². The Kier molecular flexibility index (Phi) is 4.68. The molecule has 0 unspecified atom stereocenters. The maximum absolute atomic E-state index is 11.6. The van der Waals surface area contributed by atoms with Gasteiger partial charge in [-0.05, 0) is 13.8 Å². The first kappa shape index (κ1) is 13.2. The fourth-order valence-corrected chi connectivity index (χ4v) is 1.32. The number of nitrogens with one attached hydrogen (secondary N) is 2. The summed E-state index contributed by atoms with van der Waals surface area (Å²) < 4.78 is 0. The quantitative estimate of drug-likeness (QED) is 0.779. The van der Waals surface area contributed by atoms with E-state index < -0.39 is 0 Å². The molecular weight excluding hydrogens is 218 g/mol. The van der Waals surface area contributed by atoms with Crippen LogP contribution in [0.3, 0.4) is 0 Å². The Labute approximate surface area is 101 Å². The monoisotopic (exact) mass is 237 g/mol. The topological polar surface area (TPSA) is 70.2 Å². The normalized spacial score (nSPS) is 10.2. The Morgan fingerprint density at radius 1 is 1.47 bits per heavy atom. The number of amides is 1. The number of rotatable bonds is 5. The van der Waals surface area contributed by atoms with Crippen LogP contribution in [0, 0.1) is 0 Å². The predicted octanol–water partition coefficient (Wildman–Crippen LogP) is 0.479. The van der Waals surface area contributed by atoms with E-state index in [0.717, 1.165) is 0 Å². The molecule has 0 aliphatic carbocycles. The van der Waals surface area contributed by atoms with E-state index >= 15 is 0 Å². The molecule has 1 amide bonds. The molecule has 2 N–H and O–H groups in total. The SMILES string of the molecule is CNc1cncc(N(C)CC(=O)NC(C)C)n1. The van der Waals surface area contributed by atoms with Crippen LogP contribution in [-0.2, 0) is 4.79 Å². The lowest BCUT2D eigenvalue weighted by Gasteiger charge is -2.18. The van der Waals surface area contributed by atoms with Gasteiger partial charge in [0.1, 0.15) is 11.6 Å². The lowest BCUT2D eigenvalue weighted by atomic mass is 10.4. The molecule has 94 valence electrons. The molecule has 1 heterocycles. The number of hydrogen-bond acceptors (Lipinski definition) is 5. The van der Waals surface area contributed by atoms with Gasteiger partial charge in [0.15, 0.2) is 0 Å². The summed E-state index contributed by atoms with van der Waals surface area (Å²) in [5.74, 6) is 1.31. The van der Waals surface area contributed by atoms with Crippen molar-refractivity contribution in [1.82, 2.24) is 15.3 Å². The molecule has 17 heavy (non-hydrogen) atoms. The van der Waals surface area contributed by atoms with Crippen molar-refractivity contribution >= 4 is 17.5 Å². The number of anilines is 2. The van der Waals surface area contributed by atoms with E-state index in [0.29, 0.717) is 11.6 Å². The highest BCUT2D eigenvalue weighted by atomic mass is 16.2. The average Bonchev–Trinajstić information content (AvgIpc) is 2.27. The fourth-order valence-electron chi connectivity index (χ4n) is 1.32. The van der Waals surface area contributed by atoms with E-state index in [1.54, 1.807) is 24.3 Å². The Morgan fingerprint density at radius 3 is 2.76 bits per heavy atom. The number of likely N-dealkylation sites (N-methyl/N-ethyl adjacent to an activating group) is 1. The zero-order valence-corrected chi connectivity index (χ0v) is 10.7. The first-order chi connectivity index (χ1) is 8.02. The summed E-state index contributed by atoms with van der Waals surface area (Å²) in [7, 11) is 3.59. The number of carbonyl (C=O) groups excluding carboxylic acids is 1. The molecule has 0 radical (unpaired) electrons. The van der Waals surface area contributed by atoms with Crippen molar-refractivity contribution < 1.29 is 4.79 Å². The summed E-state index contributed by atoms with van der Waals surface area (Å²) in [5, 5.41) is 5.73. The van der Waals surface area contributed by atoms with E-state index in [-0.39, 0.29) is 18.5 Å². The van der Waals surface area contributed by atoms with Crippen LogP contribution in [0.2, 0.25) is 0 Å². The standard InChI is InChI=1S/C11H19N5O/c1-8(2)14-11(17)7-16(4)10-6-13-5-9(12-3)15-10/h5-6,8H,7H2,1-4H3,(H,12,15)(H,14,17). The van der Waals surface area contributed by atoms with Crippen molar-refractivity contribution in [3.05, 3.63) is 12.4 Å². The smallest absolute Gasteiger partial charge is 0.239 e. The van der Waals surface area contributed by atoms with Crippen LogP contribution in [0.4, 0.5) is 11.6 Å². The third-order valence-corrected chi connectivity index (χ3v) is 2.10. The van der Waals surface area contributed by atoms with Gasteiger partial charge in [-0.1, -0.05) is 0 Å². The Hall–Kier alpha value is -1.85. The minimum atomic E-state index is -0.0286. The van der Waals surface area contributed by atoms with Gasteiger partial charge in [0.2, 0.25) is 5.91 Å². The van der Waals surface area contributed by atoms with Gasteiger partial charge >= 0.3 is 0 Å². The number of hydrogen-bond donors (Lipinski definition) is 2. The van der Waals surface area contributed by atoms with Crippen LogP contribution in [0.15, 0.2) is 12.4 Å². The molecule has 1 aromatic heterocycles. The van der Waals surface area contributed by atoms with E-state index in [4.69, 9.17) is 0 Å². The summed E-state index contributed by atoms with van der Waals surface area (Å²) >= 11 is 0. The number of aromatic nitrogens is 2. The summed E-state index contributed by atoms with van der Waals surface area (Å²) in [6.07, 6.45) is 3.26. The average molecular weight is 237 g/mol. The highest BCUT2D eigenvalue weighted by Crippen LogP contribution is 2.09. The van der Waals surface area contributed by atoms with Crippen LogP contribution in [0.1, 0.15) is 13.8 Å². The van der Waals surface area contributed by atoms with Crippen LogP contribution >= 0.6 is 0 Å². The van der Waals surface area contributed by atoms with Crippen LogP contribution in [0.5, 0.6) is 0 Å². The molecule has 6 heteroatoms. The van der Waals surface area contributed by atoms with Gasteiger partial charge in [-0.3, -0.25) is 9.78 Å². The van der Waals surface area contributed by atoms with Crippen molar-refractivity contribution in [2.45, 2.75) is 19.9 Å². The number of nitrogens with zero attached hydrogens (tertiary/aromatic N) is 3. The summed E-state index contributed by atoms with van der Waals surface area (Å²) in [6.45, 7) is 4.12. The van der Waals surface area contributed by atoms with Crippen molar-refractivity contribution in [1.29, 1.82) is 0 Å². The second kappa shape index (κ2) is 6.03. The summed E-state index contributed by atoms with van der Waals surface area (Å²) in [5.41, 5.74) is 0. The second-order valence-electron chi connectivity index (χ2n) is 4.09. The van der Waals surface area contributed by atoms with E-state index in [9.17, 15) is 4.79 Å². The van der Waals surface area contributed by atoms with Crippen molar-refractivity contribution in [2.75, 3.05) is 30.9 Å². The first-order valence-electron chi connectivity index (χ1n) is 5.53. The van der Waals surface area contributed by atoms with Crippen LogP contribution in [-0.4, -0.2) is 42.6 Å². The zero-order valence-electron chi connectivity index (χ0n) is 10.7. The van der Waals surface area contributed by atoms with Gasteiger partial charge in [0.05, 0.1) is 18.9 Å².